The van der Waals surface area contributed by atoms with Gasteiger partial charge < -0.3 is 14.0 Å². The minimum absolute atomic E-state index is 0.158. The van der Waals surface area contributed by atoms with Crippen LogP contribution in [0.2, 0.25) is 0 Å². The van der Waals surface area contributed by atoms with Gasteiger partial charge in [0.1, 0.15) is 12.3 Å². The molecular formula is C18H16N4O4. The maximum absolute atomic E-state index is 12.5. The monoisotopic (exact) mass is 352 g/mol. The number of benzene rings is 1. The van der Waals surface area contributed by atoms with Crippen LogP contribution in [0.1, 0.15) is 12.8 Å². The number of ether oxygens (including phenoxy) is 2. The van der Waals surface area contributed by atoms with Gasteiger partial charge in [-0.15, -0.1) is 0 Å². The highest BCUT2D eigenvalue weighted by molar-refractivity contribution is 5.99. The molecule has 8 heteroatoms. The maximum atomic E-state index is 12.5. The largest absolute Gasteiger partial charge is 0.481 e. The van der Waals surface area contributed by atoms with E-state index in [9.17, 15) is 4.79 Å². The standard InChI is InChI=1S/C18H16N4O4/c1-11-18(23)22(13-5-3-4-6-14(13)25-11)10-16-20-17(21-26-16)12-7-8-19-15(9-12)24-2/h3-9,11H,10H2,1-2H3. The summed E-state index contributed by atoms with van der Waals surface area (Å²) in [6.07, 6.45) is 1.03. The van der Waals surface area contributed by atoms with Crippen LogP contribution in [-0.4, -0.2) is 34.2 Å². The molecule has 0 spiro atoms. The second-order valence-corrected chi connectivity index (χ2v) is 5.75. The average Bonchev–Trinajstić information content (AvgIpc) is 3.14. The predicted molar refractivity (Wildman–Crippen MR) is 91.8 cm³/mol. The van der Waals surface area contributed by atoms with Gasteiger partial charge >= 0.3 is 0 Å². The maximum Gasteiger partial charge on any atom is 0.268 e. The Morgan fingerprint density at radius 3 is 2.96 bits per heavy atom. The average molecular weight is 352 g/mol. The van der Waals surface area contributed by atoms with Crippen molar-refractivity contribution >= 4 is 11.6 Å². The molecule has 8 nitrogen and oxygen atoms in total. The Labute approximate surface area is 149 Å². The number of carbonyl (C=O) groups is 1. The molecule has 0 saturated heterocycles. The minimum Gasteiger partial charge on any atom is -0.481 e. The summed E-state index contributed by atoms with van der Waals surface area (Å²) in [6.45, 7) is 1.88. The van der Waals surface area contributed by atoms with Crippen LogP contribution >= 0.6 is 0 Å². The van der Waals surface area contributed by atoms with Crippen molar-refractivity contribution in [1.82, 2.24) is 15.1 Å². The van der Waals surface area contributed by atoms with Crippen molar-refractivity contribution in [2.24, 2.45) is 0 Å². The summed E-state index contributed by atoms with van der Waals surface area (Å²) in [5, 5.41) is 3.99. The van der Waals surface area contributed by atoms with Crippen LogP contribution in [0.25, 0.3) is 11.4 Å². The number of hydrogen-bond donors (Lipinski definition) is 0. The van der Waals surface area contributed by atoms with Crippen LogP contribution < -0.4 is 14.4 Å². The fourth-order valence-electron chi connectivity index (χ4n) is 2.75. The highest BCUT2D eigenvalue weighted by Crippen LogP contribution is 2.34. The lowest BCUT2D eigenvalue weighted by atomic mass is 10.2. The van der Waals surface area contributed by atoms with Gasteiger partial charge in [0.15, 0.2) is 6.10 Å². The van der Waals surface area contributed by atoms with Crippen molar-refractivity contribution in [2.45, 2.75) is 19.6 Å². The van der Waals surface area contributed by atoms with E-state index in [2.05, 4.69) is 15.1 Å². The summed E-state index contributed by atoms with van der Waals surface area (Å²) in [7, 11) is 1.54. The number of aromatic nitrogens is 3. The zero-order valence-electron chi connectivity index (χ0n) is 14.2. The lowest BCUT2D eigenvalue weighted by Gasteiger charge is -2.31. The van der Waals surface area contributed by atoms with E-state index >= 15 is 0 Å². The van der Waals surface area contributed by atoms with Crippen LogP contribution in [-0.2, 0) is 11.3 Å². The van der Waals surface area contributed by atoms with Crippen LogP contribution in [0.15, 0.2) is 47.1 Å². The third-order valence-corrected chi connectivity index (χ3v) is 4.04. The number of anilines is 1. The molecule has 1 aliphatic rings. The van der Waals surface area contributed by atoms with E-state index < -0.39 is 6.10 Å². The number of fused-ring (bicyclic) bond motifs is 1. The zero-order chi connectivity index (χ0) is 18.1. The Morgan fingerprint density at radius 1 is 1.27 bits per heavy atom. The second kappa shape index (κ2) is 6.47. The van der Waals surface area contributed by atoms with Gasteiger partial charge in [-0.1, -0.05) is 17.3 Å². The molecule has 1 atom stereocenters. The number of para-hydroxylation sites is 2. The molecule has 0 aliphatic carbocycles. The molecule has 26 heavy (non-hydrogen) atoms. The Morgan fingerprint density at radius 2 is 2.12 bits per heavy atom. The Kier molecular flexibility index (Phi) is 4.00. The first kappa shape index (κ1) is 16.1. The Balaban J connectivity index is 1.62. The topological polar surface area (TPSA) is 90.6 Å². The zero-order valence-corrected chi connectivity index (χ0v) is 14.2. The lowest BCUT2D eigenvalue weighted by molar-refractivity contribution is -0.125. The van der Waals surface area contributed by atoms with Gasteiger partial charge in [-0.25, -0.2) is 4.98 Å². The molecule has 1 aromatic carbocycles. The first-order chi connectivity index (χ1) is 12.7. The third kappa shape index (κ3) is 2.85. The van der Waals surface area contributed by atoms with Gasteiger partial charge in [0.25, 0.3) is 5.91 Å². The molecule has 0 radical (unpaired) electrons. The molecule has 1 amide bonds. The molecule has 0 saturated carbocycles. The van der Waals surface area contributed by atoms with Crippen LogP contribution in [0.4, 0.5) is 5.69 Å². The van der Waals surface area contributed by atoms with E-state index in [1.807, 2.05) is 24.3 Å². The number of carbonyl (C=O) groups excluding carboxylic acids is 1. The van der Waals surface area contributed by atoms with Gasteiger partial charge in [0.2, 0.25) is 17.6 Å². The Bertz CT molecular complexity index is 956. The first-order valence-electron chi connectivity index (χ1n) is 8.06. The predicted octanol–water partition coefficient (Wildman–Crippen LogP) is 2.45. The van der Waals surface area contributed by atoms with Crippen LogP contribution in [0, 0.1) is 0 Å². The van der Waals surface area contributed by atoms with E-state index in [1.165, 1.54) is 7.11 Å². The van der Waals surface area contributed by atoms with Gasteiger partial charge in [-0.3, -0.25) is 9.69 Å². The van der Waals surface area contributed by atoms with E-state index in [4.69, 9.17) is 14.0 Å². The van der Waals surface area contributed by atoms with E-state index in [0.717, 1.165) is 0 Å². The van der Waals surface area contributed by atoms with E-state index in [-0.39, 0.29) is 12.5 Å². The summed E-state index contributed by atoms with van der Waals surface area (Å²) >= 11 is 0. The number of methoxy groups -OCH3 is 1. The van der Waals surface area contributed by atoms with Crippen LogP contribution in [0.3, 0.4) is 0 Å². The lowest BCUT2D eigenvalue weighted by Crippen LogP contribution is -2.44. The smallest absolute Gasteiger partial charge is 0.268 e. The van der Waals surface area contributed by atoms with Gasteiger partial charge in [-0.2, -0.15) is 4.98 Å². The van der Waals surface area contributed by atoms with Crippen LogP contribution in [0.5, 0.6) is 11.6 Å². The minimum atomic E-state index is -0.572. The summed E-state index contributed by atoms with van der Waals surface area (Å²) < 4.78 is 16.1. The van der Waals surface area contributed by atoms with E-state index in [0.29, 0.717) is 34.6 Å². The van der Waals surface area contributed by atoms with Gasteiger partial charge in [-0.05, 0) is 25.1 Å². The molecule has 3 heterocycles. The molecule has 2 aromatic heterocycles. The first-order valence-corrected chi connectivity index (χ1v) is 8.06. The van der Waals surface area contributed by atoms with Gasteiger partial charge in [0.05, 0.1) is 12.8 Å². The molecule has 132 valence electrons. The van der Waals surface area contributed by atoms with Crippen molar-refractivity contribution in [1.29, 1.82) is 0 Å². The number of nitrogens with zero attached hydrogens (tertiary/aromatic N) is 4. The third-order valence-electron chi connectivity index (χ3n) is 4.04. The highest BCUT2D eigenvalue weighted by Gasteiger charge is 2.32. The highest BCUT2D eigenvalue weighted by atomic mass is 16.5. The normalized spacial score (nSPS) is 16.2. The number of amides is 1. The number of pyridine rings is 1. The molecule has 1 aliphatic heterocycles. The molecular weight excluding hydrogens is 336 g/mol. The molecule has 4 rings (SSSR count). The summed E-state index contributed by atoms with van der Waals surface area (Å²) in [6, 6.07) is 10.8. The molecule has 0 fully saturated rings. The number of rotatable bonds is 4. The Hall–Kier alpha value is -3.42. The fraction of sp³-hybridized carbons (Fsp3) is 0.222. The van der Waals surface area contributed by atoms with Crippen molar-refractivity contribution in [3.63, 3.8) is 0 Å². The van der Waals surface area contributed by atoms with Gasteiger partial charge in [0, 0.05) is 17.8 Å². The summed E-state index contributed by atoms with van der Waals surface area (Å²) in [5.74, 6) is 1.68. The molecule has 1 unspecified atom stereocenters. The summed E-state index contributed by atoms with van der Waals surface area (Å²) in [4.78, 5) is 22.6. The quantitative estimate of drug-likeness (QED) is 0.712. The van der Waals surface area contributed by atoms with Crippen molar-refractivity contribution < 1.29 is 18.8 Å². The molecule has 0 bridgehead atoms. The van der Waals surface area contributed by atoms with E-state index in [1.54, 1.807) is 30.2 Å². The van der Waals surface area contributed by atoms with Crippen molar-refractivity contribution in [2.75, 3.05) is 12.0 Å². The fourth-order valence-corrected chi connectivity index (χ4v) is 2.75. The number of hydrogen-bond acceptors (Lipinski definition) is 7. The molecule has 0 N–H and O–H groups in total. The van der Waals surface area contributed by atoms with Crippen molar-refractivity contribution in [3.8, 4) is 23.0 Å². The van der Waals surface area contributed by atoms with Crippen molar-refractivity contribution in [3.05, 3.63) is 48.5 Å². The second-order valence-electron chi connectivity index (χ2n) is 5.75. The SMILES string of the molecule is COc1cc(-c2noc(CN3C(=O)C(C)Oc4ccccc43)n2)ccn1. The summed E-state index contributed by atoms with van der Waals surface area (Å²) in [5.41, 5.74) is 1.40. The molecule has 3 aromatic rings.